The third kappa shape index (κ3) is 5.03. The van der Waals surface area contributed by atoms with Crippen molar-refractivity contribution in [2.24, 2.45) is 10.9 Å². The van der Waals surface area contributed by atoms with Gasteiger partial charge in [0.1, 0.15) is 11.4 Å². The summed E-state index contributed by atoms with van der Waals surface area (Å²) in [5.74, 6) is 0.373. The third-order valence-electron chi connectivity index (χ3n) is 7.00. The van der Waals surface area contributed by atoms with Crippen LogP contribution in [0.25, 0.3) is 0 Å². The maximum absolute atomic E-state index is 13.3. The first-order valence-corrected chi connectivity index (χ1v) is 13.0. The number of nitrogens with one attached hydrogen (secondary N) is 1. The van der Waals surface area contributed by atoms with E-state index in [2.05, 4.69) is 5.32 Å². The molecule has 33 heavy (non-hydrogen) atoms. The number of hydrogen-bond donors (Lipinski definition) is 2. The summed E-state index contributed by atoms with van der Waals surface area (Å²) >= 11 is 0. The van der Waals surface area contributed by atoms with Crippen molar-refractivity contribution in [3.05, 3.63) is 29.3 Å². The number of halogens is 3. The number of sulfonamides is 1. The van der Waals surface area contributed by atoms with Crippen molar-refractivity contribution in [3.63, 3.8) is 0 Å². The second-order valence-corrected chi connectivity index (χ2v) is 11.3. The molecule has 1 aliphatic carbocycles. The summed E-state index contributed by atoms with van der Waals surface area (Å²) < 4.78 is 66.9. The molecule has 1 saturated heterocycles. The van der Waals surface area contributed by atoms with Gasteiger partial charge in [-0.2, -0.15) is 13.2 Å². The van der Waals surface area contributed by atoms with E-state index >= 15 is 0 Å². The van der Waals surface area contributed by atoms with Crippen LogP contribution in [0.1, 0.15) is 56.1 Å². The van der Waals surface area contributed by atoms with E-state index in [1.807, 2.05) is 0 Å². The van der Waals surface area contributed by atoms with Crippen LogP contribution in [0.3, 0.4) is 0 Å². The molecule has 2 fully saturated rings. The molecule has 1 aromatic rings. The number of piperidine rings is 1. The van der Waals surface area contributed by atoms with Gasteiger partial charge in [-0.1, -0.05) is 25.3 Å². The largest absolute Gasteiger partial charge is 0.416 e. The normalized spacial score (nSPS) is 22.4. The highest BCUT2D eigenvalue weighted by Crippen LogP contribution is 2.36. The molecular formula is C22H29F3N4O3S. The molecule has 0 aromatic heterocycles. The summed E-state index contributed by atoms with van der Waals surface area (Å²) in [6.45, 7) is 0.232. The van der Waals surface area contributed by atoms with E-state index < -0.39 is 33.1 Å². The van der Waals surface area contributed by atoms with Gasteiger partial charge in [-0.05, 0) is 49.8 Å². The lowest BCUT2D eigenvalue weighted by Gasteiger charge is -2.34. The van der Waals surface area contributed by atoms with Crippen LogP contribution in [0.5, 0.6) is 0 Å². The van der Waals surface area contributed by atoms with E-state index in [4.69, 9.17) is 10.7 Å². The number of nitrogens with zero attached hydrogens (tertiary/aromatic N) is 2. The van der Waals surface area contributed by atoms with Gasteiger partial charge in [0.15, 0.2) is 0 Å². The maximum atomic E-state index is 13.3. The van der Waals surface area contributed by atoms with Crippen LogP contribution in [0.15, 0.2) is 23.2 Å². The first kappa shape index (κ1) is 24.0. The van der Waals surface area contributed by atoms with Gasteiger partial charge in [-0.15, -0.1) is 0 Å². The lowest BCUT2D eigenvalue weighted by Crippen LogP contribution is -2.51. The number of carbonyl (C=O) groups is 1. The Kier molecular flexibility index (Phi) is 6.47. The number of hydrogen-bond acceptors (Lipinski definition) is 5. The van der Waals surface area contributed by atoms with Crippen LogP contribution >= 0.6 is 0 Å². The van der Waals surface area contributed by atoms with Crippen molar-refractivity contribution in [3.8, 4) is 0 Å². The SMILES string of the molecule is Nc1ccc(CCS(=O)(=O)N2CCC3(CC2)N=C(C2CCCCC2)NC3=O)c(C(F)(F)F)c1. The highest BCUT2D eigenvalue weighted by atomic mass is 32.2. The minimum absolute atomic E-state index is 0.0294. The number of aryl methyl sites for hydroxylation is 1. The zero-order chi connectivity index (χ0) is 23.9. The number of rotatable bonds is 5. The predicted molar refractivity (Wildman–Crippen MR) is 119 cm³/mol. The number of amidine groups is 1. The number of nitrogen functional groups attached to an aromatic ring is 1. The van der Waals surface area contributed by atoms with Crippen LogP contribution in [-0.4, -0.2) is 48.8 Å². The number of nitrogens with two attached hydrogens (primary N) is 1. The second kappa shape index (κ2) is 8.90. The topological polar surface area (TPSA) is 105 Å². The van der Waals surface area contributed by atoms with E-state index in [1.54, 1.807) is 0 Å². The Labute approximate surface area is 191 Å². The molecule has 1 aromatic carbocycles. The highest BCUT2D eigenvalue weighted by molar-refractivity contribution is 7.89. The standard InChI is InChI=1S/C22H29F3N4O3S/c23-22(24,25)18-14-17(26)7-6-15(18)8-13-33(31,32)29-11-9-21(10-12-29)20(30)27-19(28-21)16-4-2-1-3-5-16/h6-7,14,16H,1-5,8-13,26H2,(H,27,28,30). The van der Waals surface area contributed by atoms with Crippen molar-refractivity contribution < 1.29 is 26.4 Å². The summed E-state index contributed by atoms with van der Waals surface area (Å²) in [6, 6.07) is 3.39. The van der Waals surface area contributed by atoms with Gasteiger partial charge in [0.05, 0.1) is 11.3 Å². The summed E-state index contributed by atoms with van der Waals surface area (Å²) in [4.78, 5) is 17.5. The Bertz CT molecular complexity index is 1040. The Morgan fingerprint density at radius 2 is 1.82 bits per heavy atom. The minimum Gasteiger partial charge on any atom is -0.399 e. The molecule has 3 aliphatic rings. The molecule has 1 amide bonds. The van der Waals surface area contributed by atoms with E-state index in [1.165, 1.54) is 22.9 Å². The lowest BCUT2D eigenvalue weighted by atomic mass is 9.88. The number of amides is 1. The molecule has 1 spiro atoms. The average Bonchev–Trinajstić information content (AvgIpc) is 3.09. The number of alkyl halides is 3. The quantitative estimate of drug-likeness (QED) is 0.624. The van der Waals surface area contributed by atoms with E-state index in [0.29, 0.717) is 0 Å². The summed E-state index contributed by atoms with van der Waals surface area (Å²) in [5.41, 5.74) is 3.50. The minimum atomic E-state index is -4.62. The van der Waals surface area contributed by atoms with Crippen molar-refractivity contribution in [2.45, 2.75) is 63.1 Å². The third-order valence-corrected chi connectivity index (χ3v) is 8.87. The van der Waals surface area contributed by atoms with Crippen molar-refractivity contribution in [1.82, 2.24) is 9.62 Å². The summed E-state index contributed by atoms with van der Waals surface area (Å²) in [7, 11) is -3.80. The van der Waals surface area contributed by atoms with Gasteiger partial charge >= 0.3 is 6.18 Å². The molecule has 7 nitrogen and oxygen atoms in total. The fourth-order valence-electron chi connectivity index (χ4n) is 5.03. The highest BCUT2D eigenvalue weighted by Gasteiger charge is 2.48. The molecule has 0 atom stereocenters. The fourth-order valence-corrected chi connectivity index (χ4v) is 6.50. The lowest BCUT2D eigenvalue weighted by molar-refractivity contribution is -0.138. The Balaban J connectivity index is 1.41. The van der Waals surface area contributed by atoms with Gasteiger partial charge in [0, 0.05) is 24.7 Å². The zero-order valence-corrected chi connectivity index (χ0v) is 19.1. The van der Waals surface area contributed by atoms with E-state index in [0.717, 1.165) is 37.6 Å². The van der Waals surface area contributed by atoms with Crippen molar-refractivity contribution >= 4 is 27.5 Å². The Morgan fingerprint density at radius 1 is 1.15 bits per heavy atom. The number of carbonyl (C=O) groups excluding carboxylic acids is 1. The first-order chi connectivity index (χ1) is 15.5. The van der Waals surface area contributed by atoms with Crippen LogP contribution < -0.4 is 11.1 Å². The van der Waals surface area contributed by atoms with Gasteiger partial charge in [0.25, 0.3) is 5.91 Å². The molecule has 0 radical (unpaired) electrons. The van der Waals surface area contributed by atoms with Crippen LogP contribution in [0.4, 0.5) is 18.9 Å². The zero-order valence-electron chi connectivity index (χ0n) is 18.3. The summed E-state index contributed by atoms with van der Waals surface area (Å²) in [5, 5.41) is 2.94. The molecular weight excluding hydrogens is 457 g/mol. The van der Waals surface area contributed by atoms with E-state index in [9.17, 15) is 26.4 Å². The average molecular weight is 487 g/mol. The van der Waals surface area contributed by atoms with Gasteiger partial charge in [-0.25, -0.2) is 12.7 Å². The molecule has 2 aliphatic heterocycles. The predicted octanol–water partition coefficient (Wildman–Crippen LogP) is 3.10. The van der Waals surface area contributed by atoms with Gasteiger partial charge in [0.2, 0.25) is 10.0 Å². The monoisotopic (exact) mass is 486 g/mol. The fraction of sp³-hybridized carbons (Fsp3) is 0.636. The molecule has 0 unspecified atom stereocenters. The molecule has 1 saturated carbocycles. The second-order valence-electron chi connectivity index (χ2n) is 9.20. The maximum Gasteiger partial charge on any atom is 0.416 e. The molecule has 4 rings (SSSR count). The first-order valence-electron chi connectivity index (χ1n) is 11.3. The number of aliphatic imine (C=N–C) groups is 1. The Hall–Kier alpha value is -2.14. The summed E-state index contributed by atoms with van der Waals surface area (Å²) in [6.07, 6.45) is 1.07. The van der Waals surface area contributed by atoms with Gasteiger partial charge < -0.3 is 11.1 Å². The van der Waals surface area contributed by atoms with E-state index in [-0.39, 0.29) is 55.4 Å². The number of anilines is 1. The van der Waals surface area contributed by atoms with Crippen molar-refractivity contribution in [1.29, 1.82) is 0 Å². The smallest absolute Gasteiger partial charge is 0.399 e. The number of benzene rings is 1. The Morgan fingerprint density at radius 3 is 2.45 bits per heavy atom. The van der Waals surface area contributed by atoms with Gasteiger partial charge in [-0.3, -0.25) is 9.79 Å². The molecule has 3 N–H and O–H groups in total. The molecule has 11 heteroatoms. The molecule has 182 valence electrons. The van der Waals surface area contributed by atoms with Crippen LogP contribution in [0, 0.1) is 5.92 Å². The molecule has 2 heterocycles. The van der Waals surface area contributed by atoms with Crippen LogP contribution in [0.2, 0.25) is 0 Å². The van der Waals surface area contributed by atoms with Crippen LogP contribution in [-0.2, 0) is 27.4 Å². The van der Waals surface area contributed by atoms with Crippen molar-refractivity contribution in [2.75, 3.05) is 24.6 Å². The molecule has 0 bridgehead atoms.